The van der Waals surface area contributed by atoms with Gasteiger partial charge in [0.15, 0.2) is 5.11 Å². The van der Waals surface area contributed by atoms with E-state index in [0.717, 1.165) is 60.2 Å². The number of hydrazine groups is 1. The van der Waals surface area contributed by atoms with Crippen molar-refractivity contribution in [3.63, 3.8) is 0 Å². The van der Waals surface area contributed by atoms with E-state index in [1.807, 2.05) is 30.3 Å². The van der Waals surface area contributed by atoms with Gasteiger partial charge in [-0.3, -0.25) is 20.6 Å². The number of nitrogens with one attached hydrogen (secondary N) is 4. The molecule has 4 N–H and O–H groups in total. The Balaban J connectivity index is 1.33. The second-order valence-electron chi connectivity index (χ2n) is 9.09. The van der Waals surface area contributed by atoms with Crippen LogP contribution >= 0.6 is 12.2 Å². The highest BCUT2D eigenvalue weighted by Gasteiger charge is 2.42. The Labute approximate surface area is 204 Å². The van der Waals surface area contributed by atoms with Gasteiger partial charge in [-0.25, -0.2) is 4.98 Å². The summed E-state index contributed by atoms with van der Waals surface area (Å²) < 4.78 is 5.19. The molecule has 1 fully saturated rings. The van der Waals surface area contributed by atoms with Gasteiger partial charge < -0.3 is 10.1 Å². The van der Waals surface area contributed by atoms with E-state index in [0.29, 0.717) is 17.6 Å². The first-order valence-corrected chi connectivity index (χ1v) is 12.1. The number of nitrogens with zero attached hydrogens (tertiary/aromatic N) is 1. The Hall–Kier alpha value is -3.39. The molecule has 0 bridgehead atoms. The minimum atomic E-state index is -0.121. The average Bonchev–Trinajstić information content (AvgIpc) is 2.87. The zero-order chi connectivity index (χ0) is 23.5. The largest absolute Gasteiger partial charge is 0.497 e. The minimum Gasteiger partial charge on any atom is -0.497 e. The van der Waals surface area contributed by atoms with Gasteiger partial charge in [0, 0.05) is 17.5 Å². The summed E-state index contributed by atoms with van der Waals surface area (Å²) in [6.45, 7) is 0.557. The van der Waals surface area contributed by atoms with Gasteiger partial charge in [0.2, 0.25) is 5.95 Å². The molecule has 7 nitrogen and oxygen atoms in total. The predicted octanol–water partition coefficient (Wildman–Crippen LogP) is 4.19. The van der Waals surface area contributed by atoms with Gasteiger partial charge in [0.25, 0.3) is 5.56 Å². The molecule has 0 radical (unpaired) electrons. The number of hydrogen-bond donors (Lipinski definition) is 4. The van der Waals surface area contributed by atoms with Crippen LogP contribution in [0.5, 0.6) is 5.75 Å². The molecule has 1 heterocycles. The molecule has 0 unspecified atom stereocenters. The molecule has 0 amide bonds. The van der Waals surface area contributed by atoms with Crippen molar-refractivity contribution < 1.29 is 4.74 Å². The lowest BCUT2D eigenvalue weighted by atomic mass is 9.62. The van der Waals surface area contributed by atoms with E-state index in [1.165, 1.54) is 12.0 Å². The molecule has 0 saturated heterocycles. The van der Waals surface area contributed by atoms with Crippen LogP contribution in [0, 0.1) is 0 Å². The van der Waals surface area contributed by atoms with Gasteiger partial charge in [-0.15, -0.1) is 0 Å². The molecule has 0 atom stereocenters. The summed E-state index contributed by atoms with van der Waals surface area (Å²) in [6.07, 6.45) is 6.50. The Morgan fingerprint density at radius 3 is 2.65 bits per heavy atom. The van der Waals surface area contributed by atoms with Gasteiger partial charge in [0.1, 0.15) is 5.75 Å². The quantitative estimate of drug-likeness (QED) is 0.325. The standard InChI is InChI=1S/C26H29N5O2S/c1-33-19-11-9-17(10-12-19)16-27-25(34)31-30-24-28-22-20-8-4-3-7-18(20)15-26(13-5-2-6-14-26)21(22)23(32)29-24/h3-4,7-12H,2,5-6,13-16H2,1H3,(H2,27,31,34)(H2,28,29,30,32). The normalized spacial score (nSPS) is 15.7. The smallest absolute Gasteiger partial charge is 0.256 e. The van der Waals surface area contributed by atoms with Crippen LogP contribution in [-0.4, -0.2) is 22.2 Å². The lowest BCUT2D eigenvalue weighted by Gasteiger charge is -2.41. The number of rotatable bonds is 5. The van der Waals surface area contributed by atoms with E-state index < -0.39 is 0 Å². The molecule has 0 aliphatic heterocycles. The number of aromatic amines is 1. The second-order valence-corrected chi connectivity index (χ2v) is 9.50. The molecule has 2 aliphatic rings. The van der Waals surface area contributed by atoms with Crippen LogP contribution in [0.4, 0.5) is 5.95 Å². The fourth-order valence-electron chi connectivity index (χ4n) is 5.32. The Morgan fingerprint density at radius 1 is 1.12 bits per heavy atom. The summed E-state index contributed by atoms with van der Waals surface area (Å²) >= 11 is 5.39. The van der Waals surface area contributed by atoms with E-state index in [-0.39, 0.29) is 11.0 Å². The Morgan fingerprint density at radius 2 is 1.88 bits per heavy atom. The maximum absolute atomic E-state index is 13.4. The highest BCUT2D eigenvalue weighted by molar-refractivity contribution is 7.80. The lowest BCUT2D eigenvalue weighted by molar-refractivity contribution is 0.285. The summed E-state index contributed by atoms with van der Waals surface area (Å²) in [5.41, 5.74) is 10.7. The van der Waals surface area contributed by atoms with E-state index in [2.05, 4.69) is 39.4 Å². The van der Waals surface area contributed by atoms with Crippen molar-refractivity contribution in [2.45, 2.75) is 50.5 Å². The van der Waals surface area contributed by atoms with Gasteiger partial charge in [-0.2, -0.15) is 0 Å². The number of hydrogen-bond acceptors (Lipinski definition) is 5. The molecule has 3 aromatic rings. The topological polar surface area (TPSA) is 91.1 Å². The van der Waals surface area contributed by atoms with Crippen LogP contribution in [-0.2, 0) is 18.4 Å². The number of aromatic nitrogens is 2. The van der Waals surface area contributed by atoms with Crippen LogP contribution in [0.2, 0.25) is 0 Å². The number of H-pyrrole nitrogens is 1. The maximum atomic E-state index is 13.4. The minimum absolute atomic E-state index is 0.0668. The van der Waals surface area contributed by atoms with Crippen molar-refractivity contribution in [3.8, 4) is 17.0 Å². The molecule has 1 spiro atoms. The molecule has 5 rings (SSSR count). The summed E-state index contributed by atoms with van der Waals surface area (Å²) in [5.74, 6) is 1.16. The third kappa shape index (κ3) is 4.37. The summed E-state index contributed by atoms with van der Waals surface area (Å²) in [4.78, 5) is 21.1. The van der Waals surface area contributed by atoms with Crippen LogP contribution < -0.4 is 26.5 Å². The summed E-state index contributed by atoms with van der Waals surface area (Å²) in [6, 6.07) is 16.1. The Kier molecular flexibility index (Phi) is 6.24. The van der Waals surface area contributed by atoms with Crippen molar-refractivity contribution in [1.29, 1.82) is 0 Å². The average molecular weight is 476 g/mol. The van der Waals surface area contributed by atoms with Crippen molar-refractivity contribution in [1.82, 2.24) is 20.7 Å². The number of ether oxygens (including phenoxy) is 1. The van der Waals surface area contributed by atoms with Gasteiger partial charge in [-0.05, 0) is 54.7 Å². The molecule has 8 heteroatoms. The fourth-order valence-corrected chi connectivity index (χ4v) is 5.44. The first-order chi connectivity index (χ1) is 16.6. The third-order valence-corrected chi connectivity index (χ3v) is 7.21. The fraction of sp³-hybridized carbons (Fsp3) is 0.346. The number of benzene rings is 2. The van der Waals surface area contributed by atoms with Gasteiger partial charge in [0.05, 0.1) is 18.4 Å². The molecule has 176 valence electrons. The number of anilines is 1. The lowest BCUT2D eigenvalue weighted by Crippen LogP contribution is -2.42. The van der Waals surface area contributed by atoms with Crippen LogP contribution in [0.15, 0.2) is 53.3 Å². The zero-order valence-electron chi connectivity index (χ0n) is 19.2. The van der Waals surface area contributed by atoms with Crippen LogP contribution in [0.1, 0.15) is 48.8 Å². The van der Waals surface area contributed by atoms with Gasteiger partial charge >= 0.3 is 0 Å². The second kappa shape index (κ2) is 9.46. The van der Waals surface area contributed by atoms with Crippen molar-refractivity contribution >= 4 is 23.3 Å². The SMILES string of the molecule is COc1ccc(CNC(=S)NNc2nc3c(c(=O)[nH]2)C2(CCCCC2)Cc2ccccc2-3)cc1. The Bertz CT molecular complexity index is 1250. The summed E-state index contributed by atoms with van der Waals surface area (Å²) in [7, 11) is 1.64. The number of thiocarbonyl (C=S) groups is 1. The number of fused-ring (bicyclic) bond motifs is 4. The highest BCUT2D eigenvalue weighted by Crippen LogP contribution is 2.48. The maximum Gasteiger partial charge on any atom is 0.256 e. The van der Waals surface area contributed by atoms with Crippen molar-refractivity contribution in [2.75, 3.05) is 12.5 Å². The third-order valence-electron chi connectivity index (χ3n) is 6.97. The van der Waals surface area contributed by atoms with Gasteiger partial charge in [-0.1, -0.05) is 55.7 Å². The molecule has 2 aliphatic carbocycles. The zero-order valence-corrected chi connectivity index (χ0v) is 20.1. The van der Waals surface area contributed by atoms with E-state index in [9.17, 15) is 4.79 Å². The molecule has 1 saturated carbocycles. The molecular weight excluding hydrogens is 446 g/mol. The van der Waals surface area contributed by atoms with E-state index in [4.69, 9.17) is 21.9 Å². The first-order valence-electron chi connectivity index (χ1n) is 11.7. The molecular formula is C26H29N5O2S. The highest BCUT2D eigenvalue weighted by atomic mass is 32.1. The molecule has 1 aromatic heterocycles. The molecule has 2 aromatic carbocycles. The number of methoxy groups -OCH3 is 1. The van der Waals surface area contributed by atoms with Crippen LogP contribution in [0.3, 0.4) is 0 Å². The van der Waals surface area contributed by atoms with Crippen molar-refractivity contribution in [3.05, 3.63) is 75.6 Å². The molecule has 34 heavy (non-hydrogen) atoms. The monoisotopic (exact) mass is 475 g/mol. The first kappa shape index (κ1) is 22.4. The predicted molar refractivity (Wildman–Crippen MR) is 138 cm³/mol. The summed E-state index contributed by atoms with van der Waals surface area (Å²) in [5, 5.41) is 3.55. The van der Waals surface area contributed by atoms with Crippen LogP contribution in [0.25, 0.3) is 11.3 Å². The van der Waals surface area contributed by atoms with E-state index in [1.54, 1.807) is 7.11 Å². The van der Waals surface area contributed by atoms with Crippen molar-refractivity contribution in [2.24, 2.45) is 0 Å². The van der Waals surface area contributed by atoms with E-state index >= 15 is 0 Å².